The van der Waals surface area contributed by atoms with Crippen LogP contribution in [0.15, 0.2) is 0 Å². The number of hydrogen-bond donors (Lipinski definition) is 2. The third-order valence-electron chi connectivity index (χ3n) is 1.41. The Labute approximate surface area is 67.0 Å². The van der Waals surface area contributed by atoms with E-state index in [2.05, 4.69) is 23.0 Å². The van der Waals surface area contributed by atoms with Gasteiger partial charge in [-0.2, -0.15) is 5.90 Å². The van der Waals surface area contributed by atoms with Crippen molar-refractivity contribution in [2.24, 2.45) is 5.90 Å². The van der Waals surface area contributed by atoms with Gasteiger partial charge in [-0.25, -0.2) is 4.79 Å². The highest BCUT2D eigenvalue weighted by Gasteiger charge is 1.95. The normalized spacial score (nSPS) is 9.27. The monoisotopic (exact) mass is 160 g/mol. The number of rotatable bonds is 5. The molecule has 4 heteroatoms. The van der Waals surface area contributed by atoms with Gasteiger partial charge in [0, 0.05) is 6.54 Å². The van der Waals surface area contributed by atoms with Crippen LogP contribution in [0, 0.1) is 0 Å². The van der Waals surface area contributed by atoms with Crippen molar-refractivity contribution in [3.8, 4) is 0 Å². The SMILES string of the molecule is CCCCCCNC(=O)ON. The fraction of sp³-hybridized carbons (Fsp3) is 0.857. The van der Waals surface area contributed by atoms with E-state index < -0.39 is 6.09 Å². The molecule has 0 aromatic rings. The summed E-state index contributed by atoms with van der Waals surface area (Å²) in [5, 5.41) is 2.51. The van der Waals surface area contributed by atoms with E-state index in [1.54, 1.807) is 0 Å². The van der Waals surface area contributed by atoms with Crippen LogP contribution in [0.4, 0.5) is 4.79 Å². The van der Waals surface area contributed by atoms with Crippen LogP contribution in [0.5, 0.6) is 0 Å². The van der Waals surface area contributed by atoms with E-state index in [1.807, 2.05) is 0 Å². The van der Waals surface area contributed by atoms with Crippen molar-refractivity contribution >= 4 is 6.09 Å². The first kappa shape index (κ1) is 10.2. The Morgan fingerprint density at radius 2 is 2.18 bits per heavy atom. The fourth-order valence-corrected chi connectivity index (χ4v) is 0.784. The van der Waals surface area contributed by atoms with Crippen molar-refractivity contribution in [2.75, 3.05) is 6.54 Å². The van der Waals surface area contributed by atoms with Crippen molar-refractivity contribution in [1.82, 2.24) is 5.32 Å². The number of hydrogen-bond acceptors (Lipinski definition) is 3. The number of nitrogens with two attached hydrogens (primary N) is 1. The van der Waals surface area contributed by atoms with Gasteiger partial charge < -0.3 is 10.2 Å². The Hall–Kier alpha value is -0.770. The molecule has 0 saturated carbocycles. The van der Waals surface area contributed by atoms with Crippen molar-refractivity contribution in [1.29, 1.82) is 0 Å². The molecule has 4 nitrogen and oxygen atoms in total. The summed E-state index contributed by atoms with van der Waals surface area (Å²) in [6, 6.07) is 0. The van der Waals surface area contributed by atoms with Crippen molar-refractivity contribution in [3.05, 3.63) is 0 Å². The van der Waals surface area contributed by atoms with E-state index >= 15 is 0 Å². The quantitative estimate of drug-likeness (QED) is 0.468. The Balaban J connectivity index is 2.95. The summed E-state index contributed by atoms with van der Waals surface area (Å²) >= 11 is 0. The van der Waals surface area contributed by atoms with Crippen molar-refractivity contribution in [2.45, 2.75) is 32.6 Å². The zero-order chi connectivity index (χ0) is 8.53. The number of carbonyl (C=O) groups is 1. The van der Waals surface area contributed by atoms with Gasteiger partial charge in [-0.3, -0.25) is 0 Å². The number of amides is 1. The highest BCUT2D eigenvalue weighted by molar-refractivity contribution is 5.66. The maximum atomic E-state index is 10.4. The molecule has 0 aromatic heterocycles. The summed E-state index contributed by atoms with van der Waals surface area (Å²) < 4.78 is 0. The molecule has 0 radical (unpaired) electrons. The molecule has 0 aliphatic heterocycles. The molecular weight excluding hydrogens is 144 g/mol. The Morgan fingerprint density at radius 3 is 2.73 bits per heavy atom. The molecule has 0 saturated heterocycles. The summed E-state index contributed by atoms with van der Waals surface area (Å²) in [6.45, 7) is 2.79. The van der Waals surface area contributed by atoms with Gasteiger partial charge >= 0.3 is 6.09 Å². The average molecular weight is 160 g/mol. The van der Waals surface area contributed by atoms with Crippen molar-refractivity contribution < 1.29 is 9.63 Å². The van der Waals surface area contributed by atoms with Gasteiger partial charge in [-0.1, -0.05) is 26.2 Å². The first-order valence-corrected chi connectivity index (χ1v) is 3.95. The molecule has 0 atom stereocenters. The van der Waals surface area contributed by atoms with Crippen molar-refractivity contribution in [3.63, 3.8) is 0 Å². The standard InChI is InChI=1S/C7H16N2O2/c1-2-3-4-5-6-9-7(10)11-8/h2-6,8H2,1H3,(H,9,10). The molecule has 0 aliphatic carbocycles. The van der Waals surface area contributed by atoms with E-state index in [9.17, 15) is 4.79 Å². The lowest BCUT2D eigenvalue weighted by atomic mass is 10.2. The predicted molar refractivity (Wildman–Crippen MR) is 42.8 cm³/mol. The highest BCUT2D eigenvalue weighted by atomic mass is 16.7. The van der Waals surface area contributed by atoms with Crippen LogP contribution in [-0.4, -0.2) is 12.6 Å². The minimum atomic E-state index is -0.554. The first-order chi connectivity index (χ1) is 5.31. The Bertz CT molecular complexity index is 107. The molecule has 0 bridgehead atoms. The fourth-order valence-electron chi connectivity index (χ4n) is 0.784. The van der Waals surface area contributed by atoms with Gasteiger partial charge in [0.1, 0.15) is 0 Å². The maximum Gasteiger partial charge on any atom is 0.425 e. The van der Waals surface area contributed by atoms with Gasteiger partial charge in [-0.15, -0.1) is 0 Å². The van der Waals surface area contributed by atoms with Crippen LogP contribution in [-0.2, 0) is 4.84 Å². The van der Waals surface area contributed by atoms with Crippen LogP contribution in [0.3, 0.4) is 0 Å². The number of nitrogens with one attached hydrogen (secondary N) is 1. The lowest BCUT2D eigenvalue weighted by Crippen LogP contribution is -2.27. The van der Waals surface area contributed by atoms with Gasteiger partial charge in [0.05, 0.1) is 0 Å². The minimum absolute atomic E-state index is 0.554. The molecule has 66 valence electrons. The largest absolute Gasteiger partial charge is 0.425 e. The van der Waals surface area contributed by atoms with Crippen LogP contribution >= 0.6 is 0 Å². The second-order valence-corrected chi connectivity index (χ2v) is 2.39. The second-order valence-electron chi connectivity index (χ2n) is 2.39. The second kappa shape index (κ2) is 7.34. The van der Waals surface area contributed by atoms with Gasteiger partial charge in [0.15, 0.2) is 0 Å². The lowest BCUT2D eigenvalue weighted by molar-refractivity contribution is 0.147. The van der Waals surface area contributed by atoms with Crippen LogP contribution < -0.4 is 11.2 Å². The average Bonchev–Trinajstić information content (AvgIpc) is 2.04. The number of unbranched alkanes of at least 4 members (excludes halogenated alkanes) is 3. The predicted octanol–water partition coefficient (Wildman–Crippen LogP) is 1.17. The summed E-state index contributed by atoms with van der Waals surface area (Å²) in [5.74, 6) is 4.60. The molecule has 0 rings (SSSR count). The molecule has 0 aromatic carbocycles. The van der Waals surface area contributed by atoms with E-state index in [0.29, 0.717) is 6.54 Å². The molecule has 0 fully saturated rings. The van der Waals surface area contributed by atoms with Gasteiger partial charge in [0.25, 0.3) is 0 Å². The summed E-state index contributed by atoms with van der Waals surface area (Å²) in [7, 11) is 0. The van der Waals surface area contributed by atoms with Crippen LogP contribution in [0.25, 0.3) is 0 Å². The molecule has 11 heavy (non-hydrogen) atoms. The van der Waals surface area contributed by atoms with E-state index in [4.69, 9.17) is 0 Å². The summed E-state index contributed by atoms with van der Waals surface area (Å²) in [6.07, 6.45) is 3.98. The van der Waals surface area contributed by atoms with Gasteiger partial charge in [-0.05, 0) is 6.42 Å². The molecule has 3 N–H and O–H groups in total. The molecule has 0 spiro atoms. The highest BCUT2D eigenvalue weighted by Crippen LogP contribution is 1.96. The molecule has 1 amide bonds. The molecular formula is C7H16N2O2. The lowest BCUT2D eigenvalue weighted by Gasteiger charge is -2.01. The smallest absolute Gasteiger partial charge is 0.357 e. The van der Waals surface area contributed by atoms with Gasteiger partial charge in [0.2, 0.25) is 0 Å². The molecule has 0 unspecified atom stereocenters. The van der Waals surface area contributed by atoms with E-state index in [0.717, 1.165) is 12.8 Å². The Morgan fingerprint density at radius 1 is 1.45 bits per heavy atom. The topological polar surface area (TPSA) is 64.3 Å². The number of carbonyl (C=O) groups excluding carboxylic acids is 1. The Kier molecular flexibility index (Phi) is 6.82. The summed E-state index contributed by atoms with van der Waals surface area (Å²) in [4.78, 5) is 14.3. The summed E-state index contributed by atoms with van der Waals surface area (Å²) in [5.41, 5.74) is 0. The van der Waals surface area contributed by atoms with E-state index in [1.165, 1.54) is 12.8 Å². The third-order valence-corrected chi connectivity index (χ3v) is 1.41. The minimum Gasteiger partial charge on any atom is -0.357 e. The zero-order valence-corrected chi connectivity index (χ0v) is 6.93. The van der Waals surface area contributed by atoms with Crippen LogP contribution in [0.1, 0.15) is 32.6 Å². The first-order valence-electron chi connectivity index (χ1n) is 3.95. The van der Waals surface area contributed by atoms with E-state index in [-0.39, 0.29) is 0 Å². The molecule has 0 aliphatic rings. The third kappa shape index (κ3) is 7.12. The zero-order valence-electron chi connectivity index (χ0n) is 6.93. The molecule has 0 heterocycles. The maximum absolute atomic E-state index is 10.4. The van der Waals surface area contributed by atoms with Crippen LogP contribution in [0.2, 0.25) is 0 Å².